The fourth-order valence-electron chi connectivity index (χ4n) is 3.83. The third-order valence-electron chi connectivity index (χ3n) is 5.22. The fraction of sp³-hybridized carbons (Fsp3) is 0.320. The zero-order chi connectivity index (χ0) is 23.4. The highest BCUT2D eigenvalue weighted by atomic mass is 16.6. The van der Waals surface area contributed by atoms with Crippen LogP contribution in [0.15, 0.2) is 54.7 Å². The number of carbonyl (C=O) groups is 1. The zero-order valence-electron chi connectivity index (χ0n) is 19.1. The molecule has 0 spiro atoms. The molecule has 172 valence electrons. The van der Waals surface area contributed by atoms with Gasteiger partial charge in [-0.05, 0) is 44.5 Å². The first-order valence-electron chi connectivity index (χ1n) is 10.9. The molecule has 4 rings (SSSR count). The number of fused-ring (bicyclic) bond motifs is 3. The van der Waals surface area contributed by atoms with Crippen molar-refractivity contribution >= 4 is 28.0 Å². The van der Waals surface area contributed by atoms with Crippen molar-refractivity contribution in [2.75, 3.05) is 6.61 Å². The lowest BCUT2D eigenvalue weighted by atomic mass is 10.1. The van der Waals surface area contributed by atoms with E-state index in [1.54, 1.807) is 6.20 Å². The number of carbonyl (C=O) groups excluding carboxylic acids is 1. The van der Waals surface area contributed by atoms with Crippen molar-refractivity contribution in [3.63, 3.8) is 0 Å². The van der Waals surface area contributed by atoms with Crippen LogP contribution in [0.2, 0.25) is 0 Å². The van der Waals surface area contributed by atoms with Crippen LogP contribution >= 0.6 is 0 Å². The summed E-state index contributed by atoms with van der Waals surface area (Å²) in [7, 11) is 0. The predicted octanol–water partition coefficient (Wildman–Crippen LogP) is 4.57. The van der Waals surface area contributed by atoms with Gasteiger partial charge in [-0.3, -0.25) is 4.98 Å². The van der Waals surface area contributed by atoms with E-state index in [2.05, 4.69) is 4.98 Å². The van der Waals surface area contributed by atoms with Crippen molar-refractivity contribution in [3.8, 4) is 5.75 Å². The van der Waals surface area contributed by atoms with Gasteiger partial charge in [0.25, 0.3) is 0 Å². The maximum absolute atomic E-state index is 11.4. The lowest BCUT2D eigenvalue weighted by molar-refractivity contribution is 0.0311. The summed E-state index contributed by atoms with van der Waals surface area (Å²) in [4.78, 5) is 20.8. The number of aromatic nitrogens is 3. The van der Waals surface area contributed by atoms with E-state index in [-0.39, 0.29) is 0 Å². The number of amides is 1. The molecule has 1 amide bonds. The number of primary amides is 1. The van der Waals surface area contributed by atoms with Crippen molar-refractivity contribution in [1.82, 2.24) is 14.5 Å². The minimum Gasteiger partial charge on any atom is -0.489 e. The molecule has 2 N–H and O–H groups in total. The summed E-state index contributed by atoms with van der Waals surface area (Å²) in [5, 5.41) is 0.892. The van der Waals surface area contributed by atoms with Crippen LogP contribution in [0.25, 0.3) is 21.9 Å². The Kier molecular flexibility index (Phi) is 6.46. The zero-order valence-corrected chi connectivity index (χ0v) is 19.1. The van der Waals surface area contributed by atoms with Crippen LogP contribution in [-0.2, 0) is 29.2 Å². The summed E-state index contributed by atoms with van der Waals surface area (Å²) in [5.41, 5.74) is 7.95. The summed E-state index contributed by atoms with van der Waals surface area (Å²) in [6, 6.07) is 15.8. The first-order chi connectivity index (χ1) is 15.9. The molecule has 0 aliphatic rings. The standard InChI is InChI=1S/C25H28N4O4/c1-4-31-15-22-28-21-13-27-20-11-10-18(32-14-17-8-6-5-7-9-17)12-19(20)23(21)29(22)16-25(2,3)33-24(26)30/h5-13H,4,14-16H2,1-3H3,(H2,26,30). The molecule has 0 saturated carbocycles. The number of ether oxygens (including phenoxy) is 3. The molecular formula is C25H28N4O4. The molecule has 0 unspecified atom stereocenters. The summed E-state index contributed by atoms with van der Waals surface area (Å²) in [6.45, 7) is 7.25. The first-order valence-corrected chi connectivity index (χ1v) is 10.9. The van der Waals surface area contributed by atoms with E-state index in [9.17, 15) is 4.79 Å². The summed E-state index contributed by atoms with van der Waals surface area (Å²) >= 11 is 0. The monoisotopic (exact) mass is 448 g/mol. The number of imidazole rings is 1. The topological polar surface area (TPSA) is 101 Å². The Morgan fingerprint density at radius 3 is 2.61 bits per heavy atom. The van der Waals surface area contributed by atoms with Gasteiger partial charge in [-0.2, -0.15) is 0 Å². The van der Waals surface area contributed by atoms with Gasteiger partial charge in [0.15, 0.2) is 0 Å². The van der Waals surface area contributed by atoms with Crippen molar-refractivity contribution < 1.29 is 19.0 Å². The van der Waals surface area contributed by atoms with E-state index in [1.807, 2.05) is 73.9 Å². The third-order valence-corrected chi connectivity index (χ3v) is 5.22. The van der Waals surface area contributed by atoms with E-state index in [0.717, 1.165) is 39.1 Å². The van der Waals surface area contributed by atoms with Crippen LogP contribution in [0.3, 0.4) is 0 Å². The molecule has 0 radical (unpaired) electrons. The SMILES string of the molecule is CCOCc1nc2cnc3ccc(OCc4ccccc4)cc3c2n1CC(C)(C)OC(N)=O. The van der Waals surface area contributed by atoms with Gasteiger partial charge in [-0.1, -0.05) is 30.3 Å². The van der Waals surface area contributed by atoms with Crippen LogP contribution in [0.4, 0.5) is 4.79 Å². The van der Waals surface area contributed by atoms with Gasteiger partial charge in [0.1, 0.15) is 35.9 Å². The minimum atomic E-state index is -0.850. The van der Waals surface area contributed by atoms with Crippen molar-refractivity contribution in [3.05, 3.63) is 66.1 Å². The Balaban J connectivity index is 1.78. The molecule has 2 aromatic carbocycles. The smallest absolute Gasteiger partial charge is 0.405 e. The Morgan fingerprint density at radius 2 is 1.88 bits per heavy atom. The van der Waals surface area contributed by atoms with Gasteiger partial charge in [0.2, 0.25) is 0 Å². The van der Waals surface area contributed by atoms with Crippen LogP contribution < -0.4 is 10.5 Å². The average molecular weight is 449 g/mol. The maximum Gasteiger partial charge on any atom is 0.405 e. The van der Waals surface area contributed by atoms with E-state index in [1.165, 1.54) is 0 Å². The molecule has 0 saturated heterocycles. The largest absolute Gasteiger partial charge is 0.489 e. The number of nitrogens with zero attached hydrogens (tertiary/aromatic N) is 3. The molecule has 0 atom stereocenters. The highest BCUT2D eigenvalue weighted by molar-refractivity contribution is 6.02. The first kappa shape index (κ1) is 22.5. The molecule has 8 nitrogen and oxygen atoms in total. The molecule has 0 bridgehead atoms. The maximum atomic E-state index is 11.4. The van der Waals surface area contributed by atoms with Crippen molar-refractivity contribution in [2.24, 2.45) is 5.73 Å². The second-order valence-electron chi connectivity index (χ2n) is 8.38. The Morgan fingerprint density at radius 1 is 1.09 bits per heavy atom. The summed E-state index contributed by atoms with van der Waals surface area (Å²) < 4.78 is 19.1. The number of rotatable bonds is 9. The van der Waals surface area contributed by atoms with Gasteiger partial charge >= 0.3 is 6.09 Å². The number of nitrogens with two attached hydrogens (primary N) is 1. The molecule has 0 fully saturated rings. The van der Waals surface area contributed by atoms with E-state index in [0.29, 0.717) is 26.4 Å². The molecule has 2 aromatic heterocycles. The second-order valence-corrected chi connectivity index (χ2v) is 8.38. The minimum absolute atomic E-state index is 0.323. The molecule has 0 aliphatic carbocycles. The van der Waals surface area contributed by atoms with Gasteiger partial charge in [-0.25, -0.2) is 9.78 Å². The molecule has 33 heavy (non-hydrogen) atoms. The van der Waals surface area contributed by atoms with Gasteiger partial charge in [-0.15, -0.1) is 0 Å². The molecule has 0 aliphatic heterocycles. The molecule has 4 aromatic rings. The summed E-state index contributed by atoms with van der Waals surface area (Å²) in [6.07, 6.45) is 0.926. The molecule has 8 heteroatoms. The van der Waals surface area contributed by atoms with Crippen LogP contribution in [0.5, 0.6) is 5.75 Å². The van der Waals surface area contributed by atoms with Crippen LogP contribution in [0, 0.1) is 0 Å². The number of benzene rings is 2. The van der Waals surface area contributed by atoms with Gasteiger partial charge in [0.05, 0.1) is 23.8 Å². The number of pyridine rings is 1. The quantitative estimate of drug-likeness (QED) is 0.402. The number of hydrogen-bond donors (Lipinski definition) is 1. The molecular weight excluding hydrogens is 420 g/mol. The van der Waals surface area contributed by atoms with E-state index >= 15 is 0 Å². The third kappa shape index (κ3) is 5.23. The fourth-order valence-corrected chi connectivity index (χ4v) is 3.83. The lowest BCUT2D eigenvalue weighted by Crippen LogP contribution is -2.35. The highest BCUT2D eigenvalue weighted by Crippen LogP contribution is 2.30. The van der Waals surface area contributed by atoms with Gasteiger partial charge in [0, 0.05) is 12.0 Å². The highest BCUT2D eigenvalue weighted by Gasteiger charge is 2.26. The van der Waals surface area contributed by atoms with E-state index < -0.39 is 11.7 Å². The molecule has 2 heterocycles. The average Bonchev–Trinajstić information content (AvgIpc) is 3.12. The van der Waals surface area contributed by atoms with Gasteiger partial charge < -0.3 is 24.5 Å². The van der Waals surface area contributed by atoms with E-state index in [4.69, 9.17) is 24.9 Å². The number of hydrogen-bond acceptors (Lipinski definition) is 6. The van der Waals surface area contributed by atoms with Crippen LogP contribution in [-0.4, -0.2) is 32.8 Å². The Hall–Kier alpha value is -3.65. The Bertz CT molecular complexity index is 1270. The van der Waals surface area contributed by atoms with Crippen molar-refractivity contribution in [2.45, 2.75) is 46.1 Å². The Labute approximate surface area is 192 Å². The predicted molar refractivity (Wildman–Crippen MR) is 126 cm³/mol. The normalized spacial score (nSPS) is 11.7. The second kappa shape index (κ2) is 9.46. The summed E-state index contributed by atoms with van der Waals surface area (Å²) in [5.74, 6) is 1.45. The van der Waals surface area contributed by atoms with Crippen LogP contribution in [0.1, 0.15) is 32.2 Å². The lowest BCUT2D eigenvalue weighted by Gasteiger charge is -2.26. The van der Waals surface area contributed by atoms with Crippen molar-refractivity contribution in [1.29, 1.82) is 0 Å².